The van der Waals surface area contributed by atoms with Gasteiger partial charge in [-0.15, -0.1) is 0 Å². The van der Waals surface area contributed by atoms with E-state index >= 15 is 0 Å². The zero-order valence-corrected chi connectivity index (χ0v) is 11.9. The van der Waals surface area contributed by atoms with Crippen LogP contribution in [0.15, 0.2) is 18.2 Å². The van der Waals surface area contributed by atoms with E-state index in [9.17, 15) is 9.59 Å². The van der Waals surface area contributed by atoms with Crippen molar-refractivity contribution in [3.05, 3.63) is 33.8 Å². The fourth-order valence-corrected chi connectivity index (χ4v) is 1.67. The molecule has 0 spiro atoms. The molecule has 0 unspecified atom stereocenters. The highest BCUT2D eigenvalue weighted by Crippen LogP contribution is 2.20. The van der Waals surface area contributed by atoms with Crippen molar-refractivity contribution in [3.63, 3.8) is 0 Å². The molecule has 0 saturated heterocycles. The lowest BCUT2D eigenvalue weighted by Crippen LogP contribution is -2.48. The monoisotopic (exact) mass is 321 g/mol. The summed E-state index contributed by atoms with van der Waals surface area (Å²) in [6.45, 7) is 0. The molecule has 0 aromatic heterocycles. The van der Waals surface area contributed by atoms with Gasteiger partial charge in [-0.2, -0.15) is 0 Å². The molecule has 0 heterocycles. The van der Waals surface area contributed by atoms with Crippen LogP contribution in [-0.4, -0.2) is 24.2 Å². The summed E-state index contributed by atoms with van der Waals surface area (Å²) < 4.78 is 4.30. The van der Waals surface area contributed by atoms with Crippen LogP contribution in [0.1, 0.15) is 10.4 Å². The number of hydrogen-bond donors (Lipinski definition) is 3. The first-order valence-electron chi connectivity index (χ1n) is 4.84. The number of benzene rings is 1. The molecule has 1 rings (SSSR count). The minimum atomic E-state index is -0.749. The second kappa shape index (κ2) is 7.13. The molecule has 0 fully saturated rings. The van der Waals surface area contributed by atoms with Gasteiger partial charge in [-0.3, -0.25) is 15.5 Å². The van der Waals surface area contributed by atoms with E-state index in [-0.39, 0.29) is 15.7 Å². The van der Waals surface area contributed by atoms with E-state index in [1.165, 1.54) is 25.3 Å². The van der Waals surface area contributed by atoms with Gasteiger partial charge in [0, 0.05) is 5.02 Å². The van der Waals surface area contributed by atoms with Crippen LogP contribution < -0.4 is 16.2 Å². The smallest absolute Gasteiger partial charge is 0.425 e. The fourth-order valence-electron chi connectivity index (χ4n) is 1.03. The molecule has 0 aliphatic carbocycles. The summed E-state index contributed by atoms with van der Waals surface area (Å²) in [5.41, 5.74) is 4.56. The van der Waals surface area contributed by atoms with Crippen molar-refractivity contribution >= 4 is 52.5 Å². The van der Waals surface area contributed by atoms with E-state index in [0.717, 1.165) is 0 Å². The molecule has 0 atom stereocenters. The summed E-state index contributed by atoms with van der Waals surface area (Å²) in [7, 11) is 1.19. The SMILES string of the molecule is COC(=O)NNC(=S)NC(=O)c1ccc(Cl)cc1Cl. The first kappa shape index (κ1) is 15.5. The summed E-state index contributed by atoms with van der Waals surface area (Å²) in [5, 5.41) is 2.81. The van der Waals surface area contributed by atoms with Gasteiger partial charge in [0.25, 0.3) is 5.91 Å². The van der Waals surface area contributed by atoms with E-state index in [4.69, 9.17) is 35.4 Å². The number of rotatable bonds is 1. The van der Waals surface area contributed by atoms with Crippen LogP contribution in [0.25, 0.3) is 0 Å². The Hall–Kier alpha value is -1.57. The number of methoxy groups -OCH3 is 1. The Morgan fingerprint density at radius 3 is 2.53 bits per heavy atom. The summed E-state index contributed by atoms with van der Waals surface area (Å²) in [6.07, 6.45) is -0.749. The first-order valence-corrected chi connectivity index (χ1v) is 6.00. The quantitative estimate of drug-likeness (QED) is 0.543. The second-order valence-corrected chi connectivity index (χ2v) is 4.40. The van der Waals surface area contributed by atoms with Gasteiger partial charge in [-0.05, 0) is 30.4 Å². The Morgan fingerprint density at radius 1 is 1.26 bits per heavy atom. The Morgan fingerprint density at radius 2 is 1.95 bits per heavy atom. The normalized spacial score (nSPS) is 9.42. The predicted octanol–water partition coefficient (Wildman–Crippen LogP) is 1.87. The van der Waals surface area contributed by atoms with E-state index in [1.807, 2.05) is 0 Å². The Balaban J connectivity index is 2.59. The van der Waals surface area contributed by atoms with Crippen LogP contribution in [0, 0.1) is 0 Å². The molecule has 0 bridgehead atoms. The lowest BCUT2D eigenvalue weighted by Gasteiger charge is -2.10. The molecular formula is C10H9Cl2N3O3S. The maximum absolute atomic E-state index is 11.8. The standard InChI is InChI=1S/C10H9Cl2N3O3S/c1-18-10(17)15-14-9(19)13-8(16)6-3-2-5(11)4-7(6)12/h2-4H,1H3,(H,15,17)(H2,13,14,16,19). The van der Waals surface area contributed by atoms with Crippen molar-refractivity contribution in [2.24, 2.45) is 0 Å². The van der Waals surface area contributed by atoms with E-state index < -0.39 is 12.0 Å². The minimum Gasteiger partial charge on any atom is -0.452 e. The largest absolute Gasteiger partial charge is 0.452 e. The summed E-state index contributed by atoms with van der Waals surface area (Å²) in [4.78, 5) is 22.6. The van der Waals surface area contributed by atoms with Gasteiger partial charge >= 0.3 is 6.09 Å². The molecule has 1 aromatic rings. The fraction of sp³-hybridized carbons (Fsp3) is 0.100. The van der Waals surface area contributed by atoms with Crippen LogP contribution in [-0.2, 0) is 4.74 Å². The number of halogens is 2. The predicted molar refractivity (Wildman–Crippen MR) is 75.2 cm³/mol. The average Bonchev–Trinajstić information content (AvgIpc) is 2.35. The molecule has 6 nitrogen and oxygen atoms in total. The molecule has 9 heteroatoms. The molecule has 19 heavy (non-hydrogen) atoms. The number of nitrogens with one attached hydrogen (secondary N) is 3. The Bertz CT molecular complexity index is 525. The molecule has 0 radical (unpaired) electrons. The number of carbonyl (C=O) groups is 2. The number of carbonyl (C=O) groups excluding carboxylic acids is 2. The topological polar surface area (TPSA) is 79.5 Å². The van der Waals surface area contributed by atoms with Gasteiger partial charge in [0.15, 0.2) is 5.11 Å². The lowest BCUT2D eigenvalue weighted by atomic mass is 10.2. The van der Waals surface area contributed by atoms with Crippen LogP contribution in [0.3, 0.4) is 0 Å². The third-order valence-corrected chi connectivity index (χ3v) is 2.62. The number of ether oxygens (including phenoxy) is 1. The van der Waals surface area contributed by atoms with Crippen LogP contribution >= 0.6 is 35.4 Å². The van der Waals surface area contributed by atoms with Crippen molar-refractivity contribution in [1.29, 1.82) is 0 Å². The van der Waals surface area contributed by atoms with Gasteiger partial charge in [0.1, 0.15) is 0 Å². The Kier molecular flexibility index (Phi) is 5.81. The van der Waals surface area contributed by atoms with Crippen LogP contribution in [0.5, 0.6) is 0 Å². The lowest BCUT2D eigenvalue weighted by molar-refractivity contribution is 0.0976. The molecule has 2 amide bonds. The molecule has 0 saturated carbocycles. The van der Waals surface area contributed by atoms with Crippen molar-refractivity contribution in [2.45, 2.75) is 0 Å². The van der Waals surface area contributed by atoms with Crippen LogP contribution in [0.2, 0.25) is 10.0 Å². The zero-order chi connectivity index (χ0) is 14.4. The maximum Gasteiger partial charge on any atom is 0.425 e. The summed E-state index contributed by atoms with van der Waals surface area (Å²) in [5.74, 6) is -0.536. The van der Waals surface area contributed by atoms with Gasteiger partial charge in [0.2, 0.25) is 0 Å². The van der Waals surface area contributed by atoms with E-state index in [1.54, 1.807) is 0 Å². The van der Waals surface area contributed by atoms with Crippen molar-refractivity contribution in [2.75, 3.05) is 7.11 Å². The third kappa shape index (κ3) is 4.90. The maximum atomic E-state index is 11.8. The second-order valence-electron chi connectivity index (χ2n) is 3.15. The summed E-state index contributed by atoms with van der Waals surface area (Å²) in [6, 6.07) is 4.41. The number of hydrazine groups is 1. The van der Waals surface area contributed by atoms with Gasteiger partial charge in [-0.25, -0.2) is 10.2 Å². The number of thiocarbonyl (C=S) groups is 1. The van der Waals surface area contributed by atoms with Crippen molar-refractivity contribution in [1.82, 2.24) is 16.2 Å². The average molecular weight is 322 g/mol. The first-order chi connectivity index (χ1) is 8.93. The Labute approximate surface area is 124 Å². The molecule has 3 N–H and O–H groups in total. The highest BCUT2D eigenvalue weighted by atomic mass is 35.5. The molecule has 102 valence electrons. The number of hydrogen-bond acceptors (Lipinski definition) is 4. The number of amides is 2. The van der Waals surface area contributed by atoms with Gasteiger partial charge in [-0.1, -0.05) is 23.2 Å². The van der Waals surface area contributed by atoms with Gasteiger partial charge in [0.05, 0.1) is 17.7 Å². The molecule has 1 aromatic carbocycles. The van der Waals surface area contributed by atoms with E-state index in [2.05, 4.69) is 20.9 Å². The molecule has 0 aliphatic heterocycles. The van der Waals surface area contributed by atoms with E-state index in [0.29, 0.717) is 5.02 Å². The van der Waals surface area contributed by atoms with Crippen molar-refractivity contribution < 1.29 is 14.3 Å². The zero-order valence-electron chi connectivity index (χ0n) is 9.62. The van der Waals surface area contributed by atoms with Gasteiger partial charge < -0.3 is 4.74 Å². The molecular weight excluding hydrogens is 313 g/mol. The van der Waals surface area contributed by atoms with Crippen molar-refractivity contribution in [3.8, 4) is 0 Å². The highest BCUT2D eigenvalue weighted by molar-refractivity contribution is 7.80. The minimum absolute atomic E-state index is 0.110. The summed E-state index contributed by atoms with van der Waals surface area (Å²) >= 11 is 16.4. The van der Waals surface area contributed by atoms with Crippen LogP contribution in [0.4, 0.5) is 4.79 Å². The third-order valence-electron chi connectivity index (χ3n) is 1.87. The highest BCUT2D eigenvalue weighted by Gasteiger charge is 2.12. The molecule has 0 aliphatic rings.